The molecule has 8 heteroatoms. The van der Waals surface area contributed by atoms with Crippen molar-refractivity contribution in [2.45, 2.75) is 32.4 Å². The molecule has 0 saturated heterocycles. The largest absolute Gasteiger partial charge is 0.340 e. The van der Waals surface area contributed by atoms with E-state index in [2.05, 4.69) is 38.5 Å². The van der Waals surface area contributed by atoms with Gasteiger partial charge in [0.2, 0.25) is 11.9 Å². The summed E-state index contributed by atoms with van der Waals surface area (Å²) < 4.78 is 2.70. The fourth-order valence-corrected chi connectivity index (χ4v) is 4.14. The van der Waals surface area contributed by atoms with E-state index in [0.717, 1.165) is 29.8 Å². The molecule has 0 bridgehead atoms. The van der Waals surface area contributed by atoms with E-state index in [-0.39, 0.29) is 11.8 Å². The molecule has 0 fully saturated rings. The van der Waals surface area contributed by atoms with Gasteiger partial charge in [-0.3, -0.25) is 14.9 Å². The number of carbonyl (C=O) groups is 2. The van der Waals surface area contributed by atoms with Crippen molar-refractivity contribution in [3.63, 3.8) is 0 Å². The zero-order valence-electron chi connectivity index (χ0n) is 17.0. The Morgan fingerprint density at radius 2 is 1.90 bits per heavy atom. The van der Waals surface area contributed by atoms with Gasteiger partial charge in [-0.1, -0.05) is 31.2 Å². The van der Waals surface area contributed by atoms with E-state index < -0.39 is 6.04 Å². The summed E-state index contributed by atoms with van der Waals surface area (Å²) in [5.74, 6) is 0.704. The van der Waals surface area contributed by atoms with Gasteiger partial charge in [0.15, 0.2) is 0 Å². The molecule has 3 rings (SSSR count). The normalized spacial score (nSPS) is 12.0. The molecule has 0 aliphatic carbocycles. The molecule has 0 saturated carbocycles. The first-order valence-corrected chi connectivity index (χ1v) is 12.0. The minimum Gasteiger partial charge on any atom is -0.340 e. The van der Waals surface area contributed by atoms with E-state index in [0.29, 0.717) is 22.4 Å². The van der Waals surface area contributed by atoms with Crippen molar-refractivity contribution >= 4 is 56.5 Å². The first kappa shape index (κ1) is 22.4. The Morgan fingerprint density at radius 1 is 1.17 bits per heavy atom. The maximum atomic E-state index is 13.1. The highest BCUT2D eigenvalue weighted by atomic mass is 79.9. The molecule has 3 aromatic rings. The topological polar surface area (TPSA) is 76.0 Å². The second kappa shape index (κ2) is 10.6. The number of benzene rings is 2. The van der Waals surface area contributed by atoms with Gasteiger partial charge in [0.25, 0.3) is 5.91 Å². The van der Waals surface area contributed by atoms with Crippen LogP contribution < -0.4 is 10.6 Å². The molecule has 30 heavy (non-hydrogen) atoms. The number of fused-ring (bicyclic) bond motifs is 1. The lowest BCUT2D eigenvalue weighted by molar-refractivity contribution is -0.118. The quantitative estimate of drug-likeness (QED) is 0.457. The van der Waals surface area contributed by atoms with Crippen LogP contribution in [0.3, 0.4) is 0 Å². The number of imidazole rings is 1. The van der Waals surface area contributed by atoms with Crippen LogP contribution in [-0.4, -0.2) is 39.4 Å². The first-order valence-electron chi connectivity index (χ1n) is 9.85. The average Bonchev–Trinajstić information content (AvgIpc) is 3.08. The van der Waals surface area contributed by atoms with Gasteiger partial charge in [0.05, 0.1) is 16.6 Å². The van der Waals surface area contributed by atoms with Crippen LogP contribution in [0.1, 0.15) is 30.1 Å². The molecule has 158 valence electrons. The molecular formula is C22H25BrN4O2S. The molecule has 1 aromatic heterocycles. The van der Waals surface area contributed by atoms with Crippen molar-refractivity contribution < 1.29 is 9.59 Å². The van der Waals surface area contributed by atoms with E-state index >= 15 is 0 Å². The van der Waals surface area contributed by atoms with E-state index in [1.165, 1.54) is 0 Å². The minimum atomic E-state index is -0.660. The number of aromatic nitrogens is 2. The van der Waals surface area contributed by atoms with Gasteiger partial charge in [0.1, 0.15) is 6.04 Å². The monoisotopic (exact) mass is 488 g/mol. The Kier molecular flexibility index (Phi) is 7.93. The molecule has 2 amide bonds. The van der Waals surface area contributed by atoms with Gasteiger partial charge in [-0.15, -0.1) is 0 Å². The summed E-state index contributed by atoms with van der Waals surface area (Å²) in [6, 6.07) is 14.3. The number of nitrogens with zero attached hydrogens (tertiary/aromatic N) is 2. The number of carbonyl (C=O) groups excluding carboxylic acids is 2. The number of amides is 2. The van der Waals surface area contributed by atoms with Gasteiger partial charge in [0, 0.05) is 11.0 Å². The summed E-state index contributed by atoms with van der Waals surface area (Å²) in [7, 11) is 0. The number of nitrogens with one attached hydrogen (secondary N) is 2. The molecule has 0 aliphatic rings. The third-order valence-electron chi connectivity index (χ3n) is 4.69. The third kappa shape index (κ3) is 5.23. The molecule has 6 nitrogen and oxygen atoms in total. The Morgan fingerprint density at radius 3 is 2.63 bits per heavy atom. The lowest BCUT2D eigenvalue weighted by atomic mass is 10.1. The van der Waals surface area contributed by atoms with Crippen LogP contribution in [-0.2, 0) is 11.3 Å². The Bertz CT molecular complexity index is 1040. The summed E-state index contributed by atoms with van der Waals surface area (Å²) in [5.41, 5.74) is 2.31. The average molecular weight is 489 g/mol. The third-order valence-corrected chi connectivity index (χ3v) is 6.02. The number of rotatable bonds is 9. The maximum Gasteiger partial charge on any atom is 0.253 e. The highest BCUT2D eigenvalue weighted by Gasteiger charge is 2.24. The smallest absolute Gasteiger partial charge is 0.253 e. The predicted octanol–water partition coefficient (Wildman–Crippen LogP) is 4.70. The van der Waals surface area contributed by atoms with Crippen molar-refractivity contribution in [2.75, 3.05) is 17.3 Å². The predicted molar refractivity (Wildman–Crippen MR) is 127 cm³/mol. The van der Waals surface area contributed by atoms with Crippen molar-refractivity contribution in [1.82, 2.24) is 14.9 Å². The van der Waals surface area contributed by atoms with E-state index in [9.17, 15) is 9.59 Å². The van der Waals surface area contributed by atoms with Crippen molar-refractivity contribution in [1.29, 1.82) is 0 Å². The summed E-state index contributed by atoms with van der Waals surface area (Å²) in [6.07, 6.45) is 3.42. The summed E-state index contributed by atoms with van der Waals surface area (Å²) >= 11 is 5.03. The minimum absolute atomic E-state index is 0.267. The molecule has 0 radical (unpaired) electrons. The molecule has 1 atom stereocenters. The van der Waals surface area contributed by atoms with Crippen LogP contribution in [0.4, 0.5) is 5.95 Å². The van der Waals surface area contributed by atoms with Gasteiger partial charge in [-0.2, -0.15) is 11.8 Å². The van der Waals surface area contributed by atoms with Crippen LogP contribution in [0, 0.1) is 0 Å². The highest BCUT2D eigenvalue weighted by molar-refractivity contribution is 9.10. The van der Waals surface area contributed by atoms with Crippen molar-refractivity contribution in [2.24, 2.45) is 0 Å². The molecular weight excluding hydrogens is 464 g/mol. The van der Waals surface area contributed by atoms with Gasteiger partial charge < -0.3 is 9.88 Å². The molecule has 0 aliphatic heterocycles. The van der Waals surface area contributed by atoms with E-state index in [1.54, 1.807) is 30.0 Å². The molecule has 1 heterocycles. The second-order valence-corrected chi connectivity index (χ2v) is 8.69. The number of anilines is 1. The Balaban J connectivity index is 1.82. The van der Waals surface area contributed by atoms with E-state index in [1.807, 2.05) is 41.2 Å². The SMILES string of the molecule is CCCn1c(NC(=O)[C@@H](CCSC)NC(=O)c2ccccc2Br)nc2ccccc21. The zero-order valence-corrected chi connectivity index (χ0v) is 19.4. The number of halogens is 1. The molecule has 0 unspecified atom stereocenters. The van der Waals surface area contributed by atoms with Crippen LogP contribution >= 0.6 is 27.7 Å². The van der Waals surface area contributed by atoms with Crippen LogP contribution in [0.2, 0.25) is 0 Å². The van der Waals surface area contributed by atoms with Crippen molar-refractivity contribution in [3.05, 3.63) is 58.6 Å². The number of aryl methyl sites for hydroxylation is 1. The summed E-state index contributed by atoms with van der Waals surface area (Å²) in [6.45, 7) is 2.83. The lowest BCUT2D eigenvalue weighted by Gasteiger charge is -2.19. The van der Waals surface area contributed by atoms with Crippen LogP contribution in [0.15, 0.2) is 53.0 Å². The fourth-order valence-electron chi connectivity index (χ4n) is 3.20. The number of hydrogen-bond acceptors (Lipinski definition) is 4. The van der Waals surface area contributed by atoms with Gasteiger partial charge >= 0.3 is 0 Å². The number of para-hydroxylation sites is 2. The van der Waals surface area contributed by atoms with Gasteiger partial charge in [-0.25, -0.2) is 4.98 Å². The maximum absolute atomic E-state index is 13.1. The fraction of sp³-hybridized carbons (Fsp3) is 0.318. The summed E-state index contributed by atoms with van der Waals surface area (Å²) in [5, 5.41) is 5.83. The second-order valence-electron chi connectivity index (χ2n) is 6.85. The number of hydrogen-bond donors (Lipinski definition) is 2. The van der Waals surface area contributed by atoms with Crippen LogP contribution in [0.25, 0.3) is 11.0 Å². The lowest BCUT2D eigenvalue weighted by Crippen LogP contribution is -2.44. The Labute approximate surface area is 189 Å². The van der Waals surface area contributed by atoms with E-state index in [4.69, 9.17) is 0 Å². The zero-order chi connectivity index (χ0) is 21.5. The molecule has 0 spiro atoms. The molecule has 2 N–H and O–H groups in total. The highest BCUT2D eigenvalue weighted by Crippen LogP contribution is 2.21. The standard InChI is InChI=1S/C22H25BrN4O2S/c1-3-13-27-19-11-7-6-10-17(19)25-22(27)26-21(29)18(12-14-30-2)24-20(28)15-8-4-5-9-16(15)23/h4-11,18H,3,12-14H2,1-2H3,(H,24,28)(H,25,26,29)/t18-/m1/s1. The Hall–Kier alpha value is -2.32. The first-order chi connectivity index (χ1) is 14.5. The number of thioether (sulfide) groups is 1. The van der Waals surface area contributed by atoms with Gasteiger partial charge in [-0.05, 0) is 65.0 Å². The summed E-state index contributed by atoms with van der Waals surface area (Å²) in [4.78, 5) is 30.5. The van der Waals surface area contributed by atoms with Crippen molar-refractivity contribution in [3.8, 4) is 0 Å². The van der Waals surface area contributed by atoms with Crippen LogP contribution in [0.5, 0.6) is 0 Å². The molecule has 2 aromatic carbocycles.